The minimum Gasteiger partial charge on any atom is -0.398 e. The second-order valence-corrected chi connectivity index (χ2v) is 6.49. The second kappa shape index (κ2) is 6.39. The Morgan fingerprint density at radius 2 is 2.11 bits per heavy atom. The van der Waals surface area contributed by atoms with Gasteiger partial charge in [0.1, 0.15) is 0 Å². The van der Waals surface area contributed by atoms with Crippen molar-refractivity contribution in [1.29, 1.82) is 0 Å². The van der Waals surface area contributed by atoms with E-state index in [1.54, 1.807) is 18.2 Å². The van der Waals surface area contributed by atoms with Crippen LogP contribution in [0.4, 0.5) is 5.69 Å². The highest BCUT2D eigenvalue weighted by Crippen LogP contribution is 2.23. The van der Waals surface area contributed by atoms with E-state index < -0.39 is 0 Å². The molecule has 0 aliphatic rings. The predicted molar refractivity (Wildman–Crippen MR) is 81.0 cm³/mol. The highest BCUT2D eigenvalue weighted by atomic mass is 79.9. The number of nitrogens with two attached hydrogens (primary N) is 1. The average molecular weight is 329 g/mol. The molecular weight excluding hydrogens is 308 g/mol. The Bertz CT molecular complexity index is 455. The lowest BCUT2D eigenvalue weighted by atomic mass is 9.85. The zero-order chi connectivity index (χ0) is 14.6. The Balaban J connectivity index is 2.84. The van der Waals surface area contributed by atoms with Gasteiger partial charge >= 0.3 is 0 Å². The molecule has 0 saturated carbocycles. The summed E-state index contributed by atoms with van der Waals surface area (Å²) in [6.07, 6.45) is 0.533. The smallest absolute Gasteiger partial charge is 0.251 e. The third-order valence-corrected chi connectivity index (χ3v) is 3.72. The molecule has 0 aliphatic heterocycles. The predicted octanol–water partition coefficient (Wildman–Crippen LogP) is 2.56. The number of carbonyl (C=O) groups excluding carboxylic acids is 1. The van der Waals surface area contributed by atoms with Gasteiger partial charge in [-0.3, -0.25) is 4.79 Å². The molecule has 1 atom stereocenters. The van der Waals surface area contributed by atoms with E-state index in [0.29, 0.717) is 22.1 Å². The van der Waals surface area contributed by atoms with Crippen LogP contribution in [0.2, 0.25) is 0 Å². The van der Waals surface area contributed by atoms with Crippen LogP contribution in [0.1, 0.15) is 37.6 Å². The van der Waals surface area contributed by atoms with Gasteiger partial charge in [-0.15, -0.1) is 0 Å². The molecule has 0 aromatic heterocycles. The van der Waals surface area contributed by atoms with E-state index >= 15 is 0 Å². The SMILES string of the molecule is CC(C)(C)C(CCO)NC(=O)c1ccc(N)c(Br)c1. The van der Waals surface area contributed by atoms with Gasteiger partial charge in [0.2, 0.25) is 0 Å². The number of aliphatic hydroxyl groups is 1. The van der Waals surface area contributed by atoms with Crippen molar-refractivity contribution < 1.29 is 9.90 Å². The zero-order valence-electron chi connectivity index (χ0n) is 11.5. The van der Waals surface area contributed by atoms with Crippen molar-refractivity contribution in [1.82, 2.24) is 5.32 Å². The van der Waals surface area contributed by atoms with E-state index in [0.717, 1.165) is 0 Å². The molecule has 4 nitrogen and oxygen atoms in total. The summed E-state index contributed by atoms with van der Waals surface area (Å²) >= 11 is 3.31. The Morgan fingerprint density at radius 1 is 1.47 bits per heavy atom. The molecule has 1 aromatic rings. The number of nitrogens with one attached hydrogen (secondary N) is 1. The maximum Gasteiger partial charge on any atom is 0.251 e. The summed E-state index contributed by atoms with van der Waals surface area (Å²) in [6.45, 7) is 6.15. The third-order valence-electron chi connectivity index (χ3n) is 3.03. The van der Waals surface area contributed by atoms with Crippen LogP contribution in [0.3, 0.4) is 0 Å². The van der Waals surface area contributed by atoms with E-state index in [1.807, 2.05) is 20.8 Å². The highest BCUT2D eigenvalue weighted by molar-refractivity contribution is 9.10. The first kappa shape index (κ1) is 16.0. The first-order valence-corrected chi connectivity index (χ1v) is 7.01. The van der Waals surface area contributed by atoms with Crippen LogP contribution in [0.15, 0.2) is 22.7 Å². The zero-order valence-corrected chi connectivity index (χ0v) is 13.1. The summed E-state index contributed by atoms with van der Waals surface area (Å²) in [7, 11) is 0. The Morgan fingerprint density at radius 3 is 2.58 bits per heavy atom. The van der Waals surface area contributed by atoms with Gasteiger partial charge in [0.05, 0.1) is 0 Å². The first-order chi connectivity index (χ1) is 8.75. The fourth-order valence-electron chi connectivity index (χ4n) is 1.76. The number of amides is 1. The van der Waals surface area contributed by atoms with E-state index in [2.05, 4.69) is 21.2 Å². The minimum absolute atomic E-state index is 0.0493. The van der Waals surface area contributed by atoms with Crippen molar-refractivity contribution in [3.63, 3.8) is 0 Å². The van der Waals surface area contributed by atoms with Crippen molar-refractivity contribution in [3.05, 3.63) is 28.2 Å². The molecule has 1 aromatic carbocycles. The van der Waals surface area contributed by atoms with Crippen molar-refractivity contribution in [2.24, 2.45) is 5.41 Å². The second-order valence-electron chi connectivity index (χ2n) is 5.64. The molecule has 0 bridgehead atoms. The molecule has 0 fully saturated rings. The largest absolute Gasteiger partial charge is 0.398 e. The number of aliphatic hydroxyl groups excluding tert-OH is 1. The van der Waals surface area contributed by atoms with E-state index in [-0.39, 0.29) is 24.0 Å². The molecule has 19 heavy (non-hydrogen) atoms. The summed E-state index contributed by atoms with van der Waals surface area (Å²) in [5.74, 6) is -0.158. The fraction of sp³-hybridized carbons (Fsp3) is 0.500. The summed E-state index contributed by atoms with van der Waals surface area (Å²) in [4.78, 5) is 12.2. The van der Waals surface area contributed by atoms with Gasteiger partial charge in [0.15, 0.2) is 0 Å². The van der Waals surface area contributed by atoms with Crippen LogP contribution < -0.4 is 11.1 Å². The van der Waals surface area contributed by atoms with E-state index in [1.165, 1.54) is 0 Å². The topological polar surface area (TPSA) is 75.3 Å². The van der Waals surface area contributed by atoms with Crippen molar-refractivity contribution in [3.8, 4) is 0 Å². The molecule has 0 spiro atoms. The molecule has 0 saturated heterocycles. The third kappa shape index (κ3) is 4.51. The lowest BCUT2D eigenvalue weighted by molar-refractivity contribution is 0.0885. The van der Waals surface area contributed by atoms with Crippen LogP contribution in [0.25, 0.3) is 0 Å². The van der Waals surface area contributed by atoms with E-state index in [9.17, 15) is 4.79 Å². The standard InChI is InChI=1S/C14H21BrN2O2/c1-14(2,3)12(6-7-18)17-13(19)9-4-5-11(16)10(15)8-9/h4-5,8,12,18H,6-7,16H2,1-3H3,(H,17,19). The number of hydrogen-bond acceptors (Lipinski definition) is 3. The van der Waals surface area contributed by atoms with Crippen molar-refractivity contribution >= 4 is 27.5 Å². The maximum absolute atomic E-state index is 12.2. The summed E-state index contributed by atoms with van der Waals surface area (Å²) < 4.78 is 0.703. The molecule has 1 rings (SSSR count). The molecule has 0 aliphatic carbocycles. The lowest BCUT2D eigenvalue weighted by Gasteiger charge is -2.31. The number of carbonyl (C=O) groups is 1. The van der Waals surface area contributed by atoms with Gasteiger partial charge in [0.25, 0.3) is 5.91 Å². The first-order valence-electron chi connectivity index (χ1n) is 6.22. The Labute approximate surface area is 122 Å². The number of nitrogen functional groups attached to an aromatic ring is 1. The molecule has 1 amide bonds. The number of benzene rings is 1. The molecule has 0 radical (unpaired) electrons. The number of hydrogen-bond donors (Lipinski definition) is 3. The van der Waals surface area contributed by atoms with E-state index in [4.69, 9.17) is 10.8 Å². The van der Waals surface area contributed by atoms with Crippen LogP contribution in [0.5, 0.6) is 0 Å². The summed E-state index contributed by atoms with van der Waals surface area (Å²) in [5, 5.41) is 12.0. The molecule has 4 N–H and O–H groups in total. The van der Waals surface area contributed by atoms with Crippen LogP contribution in [-0.4, -0.2) is 23.7 Å². The molecule has 106 valence electrons. The lowest BCUT2D eigenvalue weighted by Crippen LogP contribution is -2.44. The number of rotatable bonds is 4. The Hall–Kier alpha value is -1.07. The highest BCUT2D eigenvalue weighted by Gasteiger charge is 2.26. The maximum atomic E-state index is 12.2. The summed E-state index contributed by atoms with van der Waals surface area (Å²) in [5.41, 5.74) is 6.73. The molecule has 1 unspecified atom stereocenters. The van der Waals surface area contributed by atoms with Gasteiger partial charge in [-0.1, -0.05) is 20.8 Å². The van der Waals surface area contributed by atoms with Gasteiger partial charge in [-0.25, -0.2) is 0 Å². The van der Waals surface area contributed by atoms with Crippen LogP contribution in [0, 0.1) is 5.41 Å². The number of anilines is 1. The monoisotopic (exact) mass is 328 g/mol. The molecular formula is C14H21BrN2O2. The van der Waals surface area contributed by atoms with Gasteiger partial charge in [0, 0.05) is 28.4 Å². The molecule has 0 heterocycles. The van der Waals surface area contributed by atoms with Crippen LogP contribution in [-0.2, 0) is 0 Å². The summed E-state index contributed by atoms with van der Waals surface area (Å²) in [6, 6.07) is 5.00. The Kier molecular flexibility index (Phi) is 5.38. The van der Waals surface area contributed by atoms with Gasteiger partial charge < -0.3 is 16.2 Å². The van der Waals surface area contributed by atoms with Crippen LogP contribution >= 0.6 is 15.9 Å². The number of halogens is 1. The normalized spacial score (nSPS) is 13.1. The average Bonchev–Trinajstić information content (AvgIpc) is 2.30. The van der Waals surface area contributed by atoms with Crippen molar-refractivity contribution in [2.45, 2.75) is 33.2 Å². The minimum atomic E-state index is -0.158. The molecule has 5 heteroatoms. The quantitative estimate of drug-likeness (QED) is 0.743. The fourth-order valence-corrected chi connectivity index (χ4v) is 2.14. The van der Waals surface area contributed by atoms with Gasteiger partial charge in [-0.2, -0.15) is 0 Å². The van der Waals surface area contributed by atoms with Crippen molar-refractivity contribution in [2.75, 3.05) is 12.3 Å². The van der Waals surface area contributed by atoms with Gasteiger partial charge in [-0.05, 0) is 46.0 Å².